The molecule has 3 aromatic heterocycles. The zero-order chi connectivity index (χ0) is 21.3. The monoisotopic (exact) mass is 427 g/mol. The normalized spacial score (nSPS) is 22.4. The predicted octanol–water partition coefficient (Wildman–Crippen LogP) is 4.55. The van der Waals surface area contributed by atoms with Crippen LogP contribution in [-0.2, 0) is 0 Å². The lowest BCUT2D eigenvalue weighted by Gasteiger charge is -2.39. The first kappa shape index (κ1) is 19.6. The van der Waals surface area contributed by atoms with Crippen molar-refractivity contribution in [2.45, 2.75) is 57.0 Å². The summed E-state index contributed by atoms with van der Waals surface area (Å²) >= 11 is 0. The van der Waals surface area contributed by atoms with Gasteiger partial charge in [0.25, 0.3) is 0 Å². The summed E-state index contributed by atoms with van der Waals surface area (Å²) in [4.78, 5) is 16.2. The molecule has 6 rings (SSSR count). The highest BCUT2D eigenvalue weighted by atomic mass is 15.3. The summed E-state index contributed by atoms with van der Waals surface area (Å²) in [6.45, 7) is 2.59. The lowest BCUT2D eigenvalue weighted by Crippen LogP contribution is -2.43. The molecule has 0 bridgehead atoms. The molecule has 7 nitrogen and oxygen atoms in total. The van der Waals surface area contributed by atoms with E-state index in [1.807, 2.05) is 23.0 Å². The number of likely N-dealkylation sites (tertiary alicyclic amines) is 1. The summed E-state index contributed by atoms with van der Waals surface area (Å²) < 4.78 is 1.92. The van der Waals surface area contributed by atoms with Crippen molar-refractivity contribution in [1.29, 1.82) is 0 Å². The summed E-state index contributed by atoms with van der Waals surface area (Å²) in [5, 5.41) is 8.33. The molecular formula is C25H29N7. The van der Waals surface area contributed by atoms with Crippen LogP contribution in [0.4, 0.5) is 5.95 Å². The predicted molar refractivity (Wildman–Crippen MR) is 127 cm³/mol. The standard InChI is InChI=1S/C25H29N7/c1-2-13-31(14-3-1)20-7-5-19(6-8-20)29-25-28-17-24-21(10-15-32(24)30-25)18-4-9-22-23(16-18)27-12-11-26-22/h4,9-12,15-17,19-20H,1-3,5-8,13-14H2,(H,29,30). The molecule has 7 heteroatoms. The van der Waals surface area contributed by atoms with Crippen LogP contribution in [-0.4, -0.2) is 54.6 Å². The van der Waals surface area contributed by atoms with Crippen molar-refractivity contribution in [2.24, 2.45) is 0 Å². The molecule has 0 atom stereocenters. The van der Waals surface area contributed by atoms with Crippen molar-refractivity contribution in [1.82, 2.24) is 29.5 Å². The van der Waals surface area contributed by atoms with Crippen LogP contribution in [0.5, 0.6) is 0 Å². The van der Waals surface area contributed by atoms with Crippen molar-refractivity contribution in [3.63, 3.8) is 0 Å². The minimum absolute atomic E-state index is 0.461. The third-order valence-electron chi connectivity index (χ3n) is 7.13. The Kier molecular flexibility index (Phi) is 5.19. The Morgan fingerprint density at radius 2 is 1.66 bits per heavy atom. The fraction of sp³-hybridized carbons (Fsp3) is 0.440. The van der Waals surface area contributed by atoms with Crippen LogP contribution in [0.2, 0.25) is 0 Å². The zero-order valence-electron chi connectivity index (χ0n) is 18.3. The molecular weight excluding hydrogens is 398 g/mol. The van der Waals surface area contributed by atoms with Gasteiger partial charge in [-0.1, -0.05) is 12.5 Å². The van der Waals surface area contributed by atoms with Crippen molar-refractivity contribution >= 4 is 22.5 Å². The molecule has 4 aromatic rings. The number of aromatic nitrogens is 5. The van der Waals surface area contributed by atoms with Gasteiger partial charge in [-0.15, -0.1) is 5.10 Å². The Bertz CT molecular complexity index is 1220. The Balaban J connectivity index is 1.16. The van der Waals surface area contributed by atoms with Crippen molar-refractivity contribution in [3.05, 3.63) is 49.1 Å². The zero-order valence-corrected chi connectivity index (χ0v) is 18.3. The molecule has 1 aliphatic carbocycles. The van der Waals surface area contributed by atoms with E-state index in [2.05, 4.69) is 43.4 Å². The van der Waals surface area contributed by atoms with E-state index >= 15 is 0 Å². The van der Waals surface area contributed by atoms with Gasteiger partial charge < -0.3 is 10.2 Å². The second-order valence-corrected chi connectivity index (χ2v) is 9.15. The van der Waals surface area contributed by atoms with Gasteiger partial charge in [-0.05, 0) is 75.4 Å². The Morgan fingerprint density at radius 3 is 2.50 bits per heavy atom. The molecule has 1 saturated carbocycles. The number of fused-ring (bicyclic) bond motifs is 2. The number of hydrogen-bond acceptors (Lipinski definition) is 6. The summed E-state index contributed by atoms with van der Waals surface area (Å²) in [7, 11) is 0. The molecule has 0 unspecified atom stereocenters. The Morgan fingerprint density at radius 1 is 0.844 bits per heavy atom. The fourth-order valence-electron chi connectivity index (χ4n) is 5.39. The first-order valence-electron chi connectivity index (χ1n) is 11.9. The number of anilines is 1. The second kappa shape index (κ2) is 8.47. The topological polar surface area (TPSA) is 71.2 Å². The van der Waals surface area contributed by atoms with Crippen molar-refractivity contribution < 1.29 is 0 Å². The molecule has 0 amide bonds. The molecule has 1 aromatic carbocycles. The van der Waals surface area contributed by atoms with E-state index in [-0.39, 0.29) is 0 Å². The van der Waals surface area contributed by atoms with Crippen LogP contribution in [0, 0.1) is 0 Å². The highest BCUT2D eigenvalue weighted by Gasteiger charge is 2.27. The van der Waals surface area contributed by atoms with Crippen LogP contribution in [0.25, 0.3) is 27.7 Å². The van der Waals surface area contributed by atoms with E-state index in [1.54, 1.807) is 12.4 Å². The van der Waals surface area contributed by atoms with Crippen LogP contribution in [0.1, 0.15) is 44.9 Å². The van der Waals surface area contributed by atoms with Gasteiger partial charge in [-0.25, -0.2) is 9.50 Å². The molecule has 164 valence electrons. The van der Waals surface area contributed by atoms with Crippen LogP contribution >= 0.6 is 0 Å². The number of hydrogen-bond donors (Lipinski definition) is 1. The smallest absolute Gasteiger partial charge is 0.241 e. The molecule has 0 spiro atoms. The van der Waals surface area contributed by atoms with Gasteiger partial charge in [0.15, 0.2) is 0 Å². The first-order valence-corrected chi connectivity index (χ1v) is 11.9. The minimum Gasteiger partial charge on any atom is -0.350 e. The Labute approximate surface area is 187 Å². The van der Waals surface area contributed by atoms with E-state index < -0.39 is 0 Å². The van der Waals surface area contributed by atoms with Crippen molar-refractivity contribution in [3.8, 4) is 11.1 Å². The van der Waals surface area contributed by atoms with Crippen LogP contribution in [0.15, 0.2) is 49.1 Å². The average Bonchev–Trinajstić information content (AvgIpc) is 3.28. The third kappa shape index (κ3) is 3.81. The molecule has 0 radical (unpaired) electrons. The molecule has 1 N–H and O–H groups in total. The summed E-state index contributed by atoms with van der Waals surface area (Å²) in [6.07, 6.45) is 16.5. The quantitative estimate of drug-likeness (QED) is 0.515. The number of benzene rings is 1. The lowest BCUT2D eigenvalue weighted by atomic mass is 9.89. The third-order valence-corrected chi connectivity index (χ3v) is 7.13. The van der Waals surface area contributed by atoms with E-state index in [4.69, 9.17) is 5.10 Å². The van der Waals surface area contributed by atoms with E-state index in [1.165, 1.54) is 58.0 Å². The van der Waals surface area contributed by atoms with Crippen LogP contribution in [0.3, 0.4) is 0 Å². The van der Waals surface area contributed by atoms with Gasteiger partial charge in [0.1, 0.15) is 0 Å². The summed E-state index contributed by atoms with van der Waals surface area (Å²) in [5.74, 6) is 0.713. The fourth-order valence-corrected chi connectivity index (χ4v) is 5.39. The maximum atomic E-state index is 4.74. The van der Waals surface area contributed by atoms with E-state index in [0.717, 1.165) is 33.7 Å². The molecule has 1 saturated heterocycles. The summed E-state index contributed by atoms with van der Waals surface area (Å²) in [5.41, 5.74) is 4.99. The first-order chi connectivity index (χ1) is 15.8. The van der Waals surface area contributed by atoms with Gasteiger partial charge in [0, 0.05) is 36.2 Å². The summed E-state index contributed by atoms with van der Waals surface area (Å²) in [6, 6.07) is 9.50. The number of nitrogens with one attached hydrogen (secondary N) is 1. The SMILES string of the molecule is c1cnc2cc(-c3ccn4nc(NC5CCC(N6CCCCC6)CC5)ncc34)ccc2n1. The van der Waals surface area contributed by atoms with Gasteiger partial charge in [0.2, 0.25) is 5.95 Å². The number of rotatable bonds is 4. The van der Waals surface area contributed by atoms with Gasteiger partial charge >= 0.3 is 0 Å². The molecule has 4 heterocycles. The molecule has 1 aliphatic heterocycles. The maximum absolute atomic E-state index is 4.74. The van der Waals surface area contributed by atoms with E-state index in [0.29, 0.717) is 12.0 Å². The lowest BCUT2D eigenvalue weighted by molar-refractivity contribution is 0.127. The van der Waals surface area contributed by atoms with Gasteiger partial charge in [-0.3, -0.25) is 9.97 Å². The maximum Gasteiger partial charge on any atom is 0.241 e. The largest absolute Gasteiger partial charge is 0.350 e. The highest BCUT2D eigenvalue weighted by Crippen LogP contribution is 2.29. The minimum atomic E-state index is 0.461. The van der Waals surface area contributed by atoms with E-state index in [9.17, 15) is 0 Å². The van der Waals surface area contributed by atoms with Gasteiger partial charge in [0.05, 0.1) is 22.7 Å². The number of piperidine rings is 1. The molecule has 2 aliphatic rings. The average molecular weight is 428 g/mol. The number of nitrogens with zero attached hydrogens (tertiary/aromatic N) is 6. The highest BCUT2D eigenvalue weighted by molar-refractivity contribution is 5.86. The second-order valence-electron chi connectivity index (χ2n) is 9.15. The molecule has 2 fully saturated rings. The van der Waals surface area contributed by atoms with Gasteiger partial charge in [-0.2, -0.15) is 0 Å². The van der Waals surface area contributed by atoms with Crippen LogP contribution < -0.4 is 5.32 Å². The van der Waals surface area contributed by atoms with Crippen molar-refractivity contribution in [2.75, 3.05) is 18.4 Å². The Hall–Kier alpha value is -3.06. The molecule has 32 heavy (non-hydrogen) atoms.